The van der Waals surface area contributed by atoms with Crippen molar-refractivity contribution in [2.24, 2.45) is 0 Å². The second kappa shape index (κ2) is 6.90. The highest BCUT2D eigenvalue weighted by Crippen LogP contribution is 2.32. The first-order valence-electron chi connectivity index (χ1n) is 7.79. The first-order chi connectivity index (χ1) is 10.3. The van der Waals surface area contributed by atoms with E-state index in [9.17, 15) is 4.79 Å². The first kappa shape index (κ1) is 17.1. The molecule has 1 aliphatic rings. The molecule has 4 nitrogen and oxygen atoms in total. The average molecular weight is 369 g/mol. The van der Waals surface area contributed by atoms with E-state index in [1.54, 1.807) is 0 Å². The van der Waals surface area contributed by atoms with E-state index in [1.165, 1.54) is 5.56 Å². The van der Waals surface area contributed by atoms with Crippen LogP contribution >= 0.6 is 15.9 Å². The molecule has 0 radical (unpaired) electrons. The molecule has 5 heteroatoms. The Kier molecular flexibility index (Phi) is 5.37. The number of nitrogen functional groups attached to an aromatic ring is 1. The summed E-state index contributed by atoms with van der Waals surface area (Å²) in [6, 6.07) is 6.13. The van der Waals surface area contributed by atoms with E-state index in [1.807, 2.05) is 31.7 Å². The van der Waals surface area contributed by atoms with Crippen LogP contribution in [-0.2, 0) is 4.74 Å². The van der Waals surface area contributed by atoms with Gasteiger partial charge in [-0.2, -0.15) is 0 Å². The van der Waals surface area contributed by atoms with Crippen molar-refractivity contribution in [1.82, 2.24) is 4.90 Å². The first-order valence-corrected chi connectivity index (χ1v) is 8.58. The molecule has 1 atom stereocenters. The van der Waals surface area contributed by atoms with Crippen LogP contribution in [0.15, 0.2) is 22.7 Å². The van der Waals surface area contributed by atoms with Crippen molar-refractivity contribution in [3.05, 3.63) is 28.2 Å². The fourth-order valence-corrected chi connectivity index (χ4v) is 3.13. The zero-order valence-corrected chi connectivity index (χ0v) is 15.1. The standard InChI is InChI=1S/C17H25BrN2O2/c1-17(2,3)22-16(21)20-9-4-5-12(8-10-20)13-6-7-15(19)14(18)11-13/h6-7,11-12H,4-5,8-10,19H2,1-3H3. The topological polar surface area (TPSA) is 55.6 Å². The predicted molar refractivity (Wildman–Crippen MR) is 93.0 cm³/mol. The number of nitrogens with two attached hydrogens (primary N) is 1. The van der Waals surface area contributed by atoms with Gasteiger partial charge in [-0.25, -0.2) is 4.79 Å². The molecule has 22 heavy (non-hydrogen) atoms. The number of hydrogen-bond acceptors (Lipinski definition) is 3. The van der Waals surface area contributed by atoms with Crippen molar-refractivity contribution in [3.63, 3.8) is 0 Å². The van der Waals surface area contributed by atoms with E-state index in [-0.39, 0.29) is 6.09 Å². The van der Waals surface area contributed by atoms with Gasteiger partial charge in [-0.15, -0.1) is 0 Å². The minimum Gasteiger partial charge on any atom is -0.444 e. The van der Waals surface area contributed by atoms with Crippen LogP contribution < -0.4 is 5.73 Å². The number of benzene rings is 1. The monoisotopic (exact) mass is 368 g/mol. The van der Waals surface area contributed by atoms with E-state index in [2.05, 4.69) is 28.1 Å². The van der Waals surface area contributed by atoms with E-state index in [0.717, 1.165) is 42.5 Å². The quantitative estimate of drug-likeness (QED) is 0.740. The van der Waals surface area contributed by atoms with Gasteiger partial charge in [0.2, 0.25) is 0 Å². The Hall–Kier alpha value is -1.23. The summed E-state index contributed by atoms with van der Waals surface area (Å²) in [7, 11) is 0. The minimum atomic E-state index is -0.440. The van der Waals surface area contributed by atoms with E-state index in [0.29, 0.717) is 5.92 Å². The molecule has 2 rings (SSSR count). The molecule has 1 aromatic rings. The Labute approximate surface area is 141 Å². The second-order valence-electron chi connectivity index (χ2n) is 6.88. The third-order valence-electron chi connectivity index (χ3n) is 3.88. The molecule has 1 heterocycles. The summed E-state index contributed by atoms with van der Waals surface area (Å²) in [6.45, 7) is 7.20. The lowest BCUT2D eigenvalue weighted by molar-refractivity contribution is 0.0256. The lowest BCUT2D eigenvalue weighted by Crippen LogP contribution is -2.37. The van der Waals surface area contributed by atoms with E-state index >= 15 is 0 Å². The maximum absolute atomic E-state index is 12.2. The molecule has 0 bridgehead atoms. The zero-order chi connectivity index (χ0) is 16.3. The van der Waals surface area contributed by atoms with E-state index < -0.39 is 5.60 Å². The molecule has 1 aliphatic heterocycles. The smallest absolute Gasteiger partial charge is 0.410 e. The van der Waals surface area contributed by atoms with Gasteiger partial charge in [0.1, 0.15) is 5.60 Å². The Morgan fingerprint density at radius 1 is 1.32 bits per heavy atom. The molecule has 0 aliphatic carbocycles. The molecule has 1 amide bonds. The number of likely N-dealkylation sites (tertiary alicyclic amines) is 1. The highest BCUT2D eigenvalue weighted by atomic mass is 79.9. The van der Waals surface area contributed by atoms with E-state index in [4.69, 9.17) is 10.5 Å². The van der Waals surface area contributed by atoms with Gasteiger partial charge in [-0.1, -0.05) is 6.07 Å². The molecule has 2 N–H and O–H groups in total. The predicted octanol–water partition coefficient (Wildman–Crippen LogP) is 4.54. The van der Waals surface area contributed by atoms with Gasteiger partial charge in [0, 0.05) is 23.2 Å². The molecule has 1 aromatic carbocycles. The van der Waals surface area contributed by atoms with Gasteiger partial charge in [0.25, 0.3) is 0 Å². The number of halogens is 1. The third-order valence-corrected chi connectivity index (χ3v) is 4.56. The second-order valence-corrected chi connectivity index (χ2v) is 7.73. The summed E-state index contributed by atoms with van der Waals surface area (Å²) in [5.41, 5.74) is 7.46. The summed E-state index contributed by atoms with van der Waals surface area (Å²) in [5, 5.41) is 0. The Bertz CT molecular complexity index is 540. The van der Waals surface area contributed by atoms with Crippen LogP contribution in [0.2, 0.25) is 0 Å². The highest BCUT2D eigenvalue weighted by Gasteiger charge is 2.25. The molecule has 1 unspecified atom stereocenters. The number of rotatable bonds is 1. The maximum Gasteiger partial charge on any atom is 0.410 e. The van der Waals surface area contributed by atoms with Gasteiger partial charge < -0.3 is 15.4 Å². The largest absolute Gasteiger partial charge is 0.444 e. The van der Waals surface area contributed by atoms with Gasteiger partial charge in [0.15, 0.2) is 0 Å². The van der Waals surface area contributed by atoms with Crippen LogP contribution in [0.4, 0.5) is 10.5 Å². The summed E-state index contributed by atoms with van der Waals surface area (Å²) >= 11 is 3.49. The Morgan fingerprint density at radius 2 is 2.05 bits per heavy atom. The van der Waals surface area contributed by atoms with Crippen LogP contribution in [0.25, 0.3) is 0 Å². The van der Waals surface area contributed by atoms with Crippen LogP contribution in [0, 0.1) is 0 Å². The van der Waals surface area contributed by atoms with Crippen molar-refractivity contribution in [2.45, 2.75) is 51.6 Å². The minimum absolute atomic E-state index is 0.202. The number of carbonyl (C=O) groups excluding carboxylic acids is 1. The lowest BCUT2D eigenvalue weighted by Gasteiger charge is -2.26. The summed E-state index contributed by atoms with van der Waals surface area (Å²) in [5.74, 6) is 0.462. The highest BCUT2D eigenvalue weighted by molar-refractivity contribution is 9.10. The van der Waals surface area contributed by atoms with Crippen molar-refractivity contribution >= 4 is 27.7 Å². The maximum atomic E-state index is 12.2. The Balaban J connectivity index is 2.00. The van der Waals surface area contributed by atoms with Crippen LogP contribution in [0.1, 0.15) is 51.5 Å². The number of nitrogens with zero attached hydrogens (tertiary/aromatic N) is 1. The van der Waals surface area contributed by atoms with Gasteiger partial charge in [0.05, 0.1) is 0 Å². The van der Waals surface area contributed by atoms with Crippen molar-refractivity contribution in [2.75, 3.05) is 18.8 Å². The molecule has 0 aromatic heterocycles. The van der Waals surface area contributed by atoms with Gasteiger partial charge in [-0.05, 0) is 79.6 Å². The fourth-order valence-electron chi connectivity index (χ4n) is 2.74. The normalized spacial score (nSPS) is 19.6. The zero-order valence-electron chi connectivity index (χ0n) is 13.6. The van der Waals surface area contributed by atoms with Gasteiger partial charge >= 0.3 is 6.09 Å². The average Bonchev–Trinajstić information content (AvgIpc) is 2.66. The van der Waals surface area contributed by atoms with Crippen molar-refractivity contribution in [3.8, 4) is 0 Å². The number of anilines is 1. The third kappa shape index (κ3) is 4.63. The molecule has 1 fully saturated rings. The number of ether oxygens (including phenoxy) is 1. The van der Waals surface area contributed by atoms with Crippen molar-refractivity contribution in [1.29, 1.82) is 0 Å². The van der Waals surface area contributed by atoms with Gasteiger partial charge in [-0.3, -0.25) is 0 Å². The molecule has 0 spiro atoms. The summed E-state index contributed by atoms with van der Waals surface area (Å²) in [6.07, 6.45) is 2.82. The van der Waals surface area contributed by atoms with Crippen LogP contribution in [-0.4, -0.2) is 29.7 Å². The summed E-state index contributed by atoms with van der Waals surface area (Å²) < 4.78 is 6.41. The molecular formula is C17H25BrN2O2. The number of amides is 1. The molecule has 1 saturated heterocycles. The molecule has 0 saturated carbocycles. The summed E-state index contributed by atoms with van der Waals surface area (Å²) in [4.78, 5) is 14.0. The fraction of sp³-hybridized carbons (Fsp3) is 0.588. The van der Waals surface area contributed by atoms with Crippen LogP contribution in [0.5, 0.6) is 0 Å². The number of carbonyl (C=O) groups is 1. The lowest BCUT2D eigenvalue weighted by atomic mass is 9.92. The molecular weight excluding hydrogens is 344 g/mol. The Morgan fingerprint density at radius 3 is 2.68 bits per heavy atom. The SMILES string of the molecule is CC(C)(C)OC(=O)N1CCCC(c2ccc(N)c(Br)c2)CC1. The molecule has 122 valence electrons. The van der Waals surface area contributed by atoms with Crippen LogP contribution in [0.3, 0.4) is 0 Å². The number of hydrogen-bond donors (Lipinski definition) is 1. The van der Waals surface area contributed by atoms with Crippen molar-refractivity contribution < 1.29 is 9.53 Å².